The van der Waals surface area contributed by atoms with Crippen LogP contribution >= 0.6 is 15.9 Å². The molecule has 1 aromatic rings. The first-order chi connectivity index (χ1) is 8.15. The summed E-state index contributed by atoms with van der Waals surface area (Å²) in [6, 6.07) is 2.63. The van der Waals surface area contributed by atoms with Gasteiger partial charge in [0.05, 0.1) is 11.6 Å². The Balaban J connectivity index is 2.42. The summed E-state index contributed by atoms with van der Waals surface area (Å²) in [6.45, 7) is 5.48. The summed E-state index contributed by atoms with van der Waals surface area (Å²) >= 11 is 3.64. The number of hydrogen-bond donors (Lipinski definition) is 1. The number of benzene rings is 1. The van der Waals surface area contributed by atoms with Gasteiger partial charge in [-0.1, -0.05) is 6.42 Å². The summed E-state index contributed by atoms with van der Waals surface area (Å²) in [6.07, 6.45) is 3.85. The second-order valence-corrected chi connectivity index (χ2v) is 5.54. The maximum absolute atomic E-state index is 5.38. The van der Waals surface area contributed by atoms with E-state index in [1.807, 2.05) is 0 Å². The third-order valence-electron chi connectivity index (χ3n) is 3.60. The number of methoxy groups -OCH3 is 1. The van der Waals surface area contributed by atoms with Crippen molar-refractivity contribution in [2.45, 2.75) is 39.2 Å². The minimum Gasteiger partial charge on any atom is -0.496 e. The van der Waals surface area contributed by atoms with Crippen molar-refractivity contribution in [1.82, 2.24) is 5.32 Å². The Hall–Kier alpha value is -0.540. The third kappa shape index (κ3) is 2.50. The van der Waals surface area contributed by atoms with Crippen LogP contribution in [0.3, 0.4) is 0 Å². The van der Waals surface area contributed by atoms with E-state index in [-0.39, 0.29) is 0 Å². The van der Waals surface area contributed by atoms with Crippen molar-refractivity contribution in [3.63, 3.8) is 0 Å². The highest BCUT2D eigenvalue weighted by Crippen LogP contribution is 2.37. The first-order valence-electron chi connectivity index (χ1n) is 6.22. The van der Waals surface area contributed by atoms with E-state index in [0.29, 0.717) is 6.04 Å². The van der Waals surface area contributed by atoms with Crippen molar-refractivity contribution in [2.75, 3.05) is 13.7 Å². The highest BCUT2D eigenvalue weighted by molar-refractivity contribution is 9.10. The van der Waals surface area contributed by atoms with Gasteiger partial charge in [0.15, 0.2) is 0 Å². The first-order valence-corrected chi connectivity index (χ1v) is 7.01. The van der Waals surface area contributed by atoms with E-state index in [1.165, 1.54) is 36.0 Å². The van der Waals surface area contributed by atoms with Gasteiger partial charge >= 0.3 is 0 Å². The van der Waals surface area contributed by atoms with Crippen LogP contribution in [0.15, 0.2) is 10.5 Å². The Morgan fingerprint density at radius 2 is 2.12 bits per heavy atom. The second-order valence-electron chi connectivity index (χ2n) is 4.75. The van der Waals surface area contributed by atoms with Gasteiger partial charge in [-0.3, -0.25) is 0 Å². The number of aryl methyl sites for hydroxylation is 1. The van der Waals surface area contributed by atoms with Crippen LogP contribution in [-0.2, 0) is 0 Å². The lowest BCUT2D eigenvalue weighted by Crippen LogP contribution is -2.28. The van der Waals surface area contributed by atoms with E-state index in [4.69, 9.17) is 4.74 Å². The quantitative estimate of drug-likeness (QED) is 0.894. The third-order valence-corrected chi connectivity index (χ3v) is 4.59. The molecule has 1 aliphatic rings. The van der Waals surface area contributed by atoms with E-state index in [1.54, 1.807) is 7.11 Å². The molecule has 1 unspecified atom stereocenters. The van der Waals surface area contributed by atoms with Crippen molar-refractivity contribution < 1.29 is 4.74 Å². The molecule has 1 atom stereocenters. The summed E-state index contributed by atoms with van der Waals surface area (Å²) in [5, 5.41) is 3.62. The van der Waals surface area contributed by atoms with E-state index in [9.17, 15) is 0 Å². The molecule has 0 aliphatic carbocycles. The molecule has 0 bridgehead atoms. The van der Waals surface area contributed by atoms with Crippen LogP contribution in [0.25, 0.3) is 0 Å². The number of piperidine rings is 1. The van der Waals surface area contributed by atoms with Crippen molar-refractivity contribution in [3.8, 4) is 5.75 Å². The molecule has 0 amide bonds. The monoisotopic (exact) mass is 297 g/mol. The molecule has 1 aromatic carbocycles. The Morgan fingerprint density at radius 3 is 2.71 bits per heavy atom. The van der Waals surface area contributed by atoms with E-state index in [2.05, 4.69) is 41.2 Å². The molecule has 3 heteroatoms. The number of hydrogen-bond acceptors (Lipinski definition) is 2. The van der Waals surface area contributed by atoms with Crippen LogP contribution in [-0.4, -0.2) is 13.7 Å². The van der Waals surface area contributed by atoms with Gasteiger partial charge in [-0.15, -0.1) is 0 Å². The van der Waals surface area contributed by atoms with Crippen LogP contribution < -0.4 is 10.1 Å². The molecule has 0 saturated carbocycles. The summed E-state index contributed by atoms with van der Waals surface area (Å²) in [5.41, 5.74) is 4.07. The largest absolute Gasteiger partial charge is 0.496 e. The summed E-state index contributed by atoms with van der Waals surface area (Å²) in [4.78, 5) is 0. The number of halogens is 1. The molecular formula is C14H20BrNO. The summed E-state index contributed by atoms with van der Waals surface area (Å²) in [5.74, 6) is 0.930. The molecule has 2 nitrogen and oxygen atoms in total. The predicted octanol–water partition coefficient (Wildman–Crippen LogP) is 3.89. The van der Waals surface area contributed by atoms with Gasteiger partial charge in [-0.2, -0.15) is 0 Å². The van der Waals surface area contributed by atoms with Gasteiger partial charge in [0.2, 0.25) is 0 Å². The average molecular weight is 298 g/mol. The van der Waals surface area contributed by atoms with Gasteiger partial charge in [0, 0.05) is 6.04 Å². The topological polar surface area (TPSA) is 21.3 Å². The number of ether oxygens (including phenoxy) is 1. The first kappa shape index (κ1) is 12.9. The molecule has 2 rings (SSSR count). The highest BCUT2D eigenvalue weighted by Gasteiger charge is 2.21. The molecule has 1 fully saturated rings. The molecular weight excluding hydrogens is 278 g/mol. The molecule has 1 heterocycles. The van der Waals surface area contributed by atoms with Crippen LogP contribution in [0, 0.1) is 13.8 Å². The normalized spacial score (nSPS) is 20.4. The van der Waals surface area contributed by atoms with Gasteiger partial charge in [0.25, 0.3) is 0 Å². The molecule has 17 heavy (non-hydrogen) atoms. The zero-order chi connectivity index (χ0) is 12.4. The summed E-state index contributed by atoms with van der Waals surface area (Å²) < 4.78 is 6.47. The molecule has 94 valence electrons. The van der Waals surface area contributed by atoms with Crippen LogP contribution in [0.1, 0.15) is 42.0 Å². The SMILES string of the molecule is COc1cc(C)c(C2CCCCN2)c(C)c1Br. The van der Waals surface area contributed by atoms with Crippen LogP contribution in [0.2, 0.25) is 0 Å². The molecule has 1 saturated heterocycles. The van der Waals surface area contributed by atoms with Crippen LogP contribution in [0.4, 0.5) is 0 Å². The van der Waals surface area contributed by atoms with Gasteiger partial charge in [-0.05, 0) is 71.9 Å². The molecule has 0 spiro atoms. The van der Waals surface area contributed by atoms with Crippen molar-refractivity contribution in [2.24, 2.45) is 0 Å². The summed E-state index contributed by atoms with van der Waals surface area (Å²) in [7, 11) is 1.72. The smallest absolute Gasteiger partial charge is 0.133 e. The fourth-order valence-corrected chi connectivity index (χ4v) is 3.21. The highest BCUT2D eigenvalue weighted by atomic mass is 79.9. The second kappa shape index (κ2) is 5.40. The standard InChI is InChI=1S/C14H20BrNO/c1-9-8-12(17-3)14(15)10(2)13(9)11-6-4-5-7-16-11/h8,11,16H,4-7H2,1-3H3. The van der Waals surface area contributed by atoms with Crippen molar-refractivity contribution in [1.29, 1.82) is 0 Å². The lowest BCUT2D eigenvalue weighted by Gasteiger charge is -2.28. The number of rotatable bonds is 2. The minimum absolute atomic E-state index is 0.506. The Morgan fingerprint density at radius 1 is 1.35 bits per heavy atom. The number of nitrogens with one attached hydrogen (secondary N) is 1. The fourth-order valence-electron chi connectivity index (χ4n) is 2.72. The lowest BCUT2D eigenvalue weighted by molar-refractivity contribution is 0.401. The van der Waals surface area contributed by atoms with E-state index in [0.717, 1.165) is 16.8 Å². The molecule has 1 N–H and O–H groups in total. The van der Waals surface area contributed by atoms with Gasteiger partial charge < -0.3 is 10.1 Å². The van der Waals surface area contributed by atoms with Crippen molar-refractivity contribution in [3.05, 3.63) is 27.2 Å². The Labute approximate surface area is 112 Å². The van der Waals surface area contributed by atoms with Crippen LogP contribution in [0.5, 0.6) is 5.75 Å². The molecule has 0 aromatic heterocycles. The van der Waals surface area contributed by atoms with Gasteiger partial charge in [-0.25, -0.2) is 0 Å². The Kier molecular flexibility index (Phi) is 4.10. The average Bonchev–Trinajstić information content (AvgIpc) is 2.35. The Bertz CT molecular complexity index is 411. The van der Waals surface area contributed by atoms with E-state index < -0.39 is 0 Å². The van der Waals surface area contributed by atoms with E-state index >= 15 is 0 Å². The zero-order valence-corrected chi connectivity index (χ0v) is 12.4. The fraction of sp³-hybridized carbons (Fsp3) is 0.571. The maximum atomic E-state index is 5.38. The predicted molar refractivity (Wildman–Crippen MR) is 74.8 cm³/mol. The minimum atomic E-state index is 0.506. The lowest BCUT2D eigenvalue weighted by atomic mass is 9.90. The molecule has 0 radical (unpaired) electrons. The van der Waals surface area contributed by atoms with Crippen molar-refractivity contribution >= 4 is 15.9 Å². The zero-order valence-electron chi connectivity index (χ0n) is 10.8. The maximum Gasteiger partial charge on any atom is 0.133 e. The van der Waals surface area contributed by atoms with Gasteiger partial charge in [0.1, 0.15) is 5.75 Å². The molecule has 1 aliphatic heterocycles.